The second-order valence-corrected chi connectivity index (χ2v) is 19.7. The van der Waals surface area contributed by atoms with Crippen LogP contribution in [0.4, 0.5) is 11.4 Å². The number of allylic oxidation sites excluding steroid dienone is 4. The fraction of sp³-hybridized carbons (Fsp3) is 0.395. The molecule has 0 aliphatic carbocycles. The predicted molar refractivity (Wildman–Crippen MR) is 216 cm³/mol. The normalized spacial score (nSPS) is 17.9. The first-order valence-electron chi connectivity index (χ1n) is 18.2. The molecule has 0 radical (unpaired) electrons. The van der Waals surface area contributed by atoms with Crippen LogP contribution in [0, 0.1) is 0 Å². The number of halogens is 1. The van der Waals surface area contributed by atoms with E-state index in [1.807, 2.05) is 37.5 Å². The minimum atomic E-state index is -4.59. The molecule has 2 aliphatic heterocycles. The first-order valence-corrected chi connectivity index (χ1v) is 23.1. The van der Waals surface area contributed by atoms with Crippen LogP contribution in [-0.2, 0) is 46.0 Å². The molecule has 2 aromatic carbocycles. The van der Waals surface area contributed by atoms with Crippen molar-refractivity contribution >= 4 is 70.7 Å². The number of nitrogens with zero attached hydrogens (tertiary/aromatic N) is 3. The molecule has 0 saturated heterocycles. The summed E-state index contributed by atoms with van der Waals surface area (Å²) in [6, 6.07) is 9.11. The van der Waals surface area contributed by atoms with Crippen molar-refractivity contribution in [2.24, 2.45) is 4.99 Å². The van der Waals surface area contributed by atoms with E-state index >= 15 is 0 Å². The Balaban J connectivity index is 1.40. The van der Waals surface area contributed by atoms with Crippen LogP contribution >= 0.6 is 11.6 Å². The molecule has 5 N–H and O–H groups in total. The largest absolute Gasteiger partial charge is 0.492 e. The molecule has 0 fully saturated rings. The fourth-order valence-electron chi connectivity index (χ4n) is 7.27. The average molecular weight is 883 g/mol. The molecule has 5 rings (SSSR count). The number of hydrogen-bond donors (Lipinski definition) is 5. The highest BCUT2D eigenvalue weighted by Gasteiger charge is 2.47. The third-order valence-corrected chi connectivity index (χ3v) is 13.2. The quantitative estimate of drug-likeness (QED) is 0.0411. The molecule has 1 atom stereocenters. The van der Waals surface area contributed by atoms with Gasteiger partial charge in [0.05, 0.1) is 31.7 Å². The predicted octanol–water partition coefficient (Wildman–Crippen LogP) is 6.24. The number of benzene rings is 2. The van der Waals surface area contributed by atoms with Gasteiger partial charge < -0.3 is 15.1 Å². The maximum atomic E-state index is 12.4. The van der Waals surface area contributed by atoms with Gasteiger partial charge in [-0.2, -0.15) is 29.8 Å². The average Bonchev–Trinajstić information content (AvgIpc) is 3.66. The van der Waals surface area contributed by atoms with Gasteiger partial charge in [0.15, 0.2) is 5.71 Å². The number of aromatic nitrogens is 1. The maximum absolute atomic E-state index is 12.4. The van der Waals surface area contributed by atoms with Gasteiger partial charge in [0, 0.05) is 60.2 Å². The van der Waals surface area contributed by atoms with E-state index in [0.29, 0.717) is 78.0 Å². The Morgan fingerprint density at radius 2 is 1.50 bits per heavy atom. The molecule has 1 aromatic heterocycles. The van der Waals surface area contributed by atoms with E-state index in [9.17, 15) is 53.9 Å². The number of unbranched alkanes of at least 4 members (excludes halogenated alkanes) is 3. The lowest BCUT2D eigenvalue weighted by atomic mass is 9.75. The maximum Gasteiger partial charge on any atom is 0.333 e. The molecule has 3 heterocycles. The Hall–Kier alpha value is -4.37. The first kappa shape index (κ1) is 44.7. The van der Waals surface area contributed by atoms with E-state index in [2.05, 4.69) is 4.99 Å². The smallest absolute Gasteiger partial charge is 0.333 e. The Labute approximate surface area is 342 Å². The highest BCUT2D eigenvalue weighted by atomic mass is 35.5. The molecule has 1 unspecified atom stereocenters. The molecular weight excluding hydrogens is 838 g/mol. The lowest BCUT2D eigenvalue weighted by molar-refractivity contribution is -0.438. The van der Waals surface area contributed by atoms with Crippen LogP contribution < -0.4 is 4.84 Å². The molecule has 20 heteroatoms. The summed E-state index contributed by atoms with van der Waals surface area (Å²) in [6.07, 6.45) is 9.98. The second kappa shape index (κ2) is 17.1. The molecule has 0 bridgehead atoms. The van der Waals surface area contributed by atoms with Crippen molar-refractivity contribution in [1.29, 1.82) is 0 Å². The molecule has 2 aliphatic rings. The Bertz CT molecular complexity index is 2560. The van der Waals surface area contributed by atoms with Crippen LogP contribution in [0.1, 0.15) is 83.3 Å². The summed E-state index contributed by atoms with van der Waals surface area (Å²) in [5, 5.41) is 19.6. The van der Waals surface area contributed by atoms with Crippen LogP contribution in [0.5, 0.6) is 11.8 Å². The van der Waals surface area contributed by atoms with Crippen molar-refractivity contribution < 1.29 is 63.3 Å². The van der Waals surface area contributed by atoms with Crippen LogP contribution in [0.25, 0.3) is 0 Å². The van der Waals surface area contributed by atoms with E-state index in [0.717, 1.165) is 11.8 Å². The van der Waals surface area contributed by atoms with Gasteiger partial charge in [0.25, 0.3) is 30.4 Å². The molecule has 58 heavy (non-hydrogen) atoms. The summed E-state index contributed by atoms with van der Waals surface area (Å²) in [5.74, 6) is -2.02. The van der Waals surface area contributed by atoms with Crippen molar-refractivity contribution in [3.8, 4) is 11.8 Å². The van der Waals surface area contributed by atoms with Crippen molar-refractivity contribution in [2.45, 2.75) is 92.8 Å². The first-order chi connectivity index (χ1) is 26.9. The SMILES string of the molecule is CC1(C)C(C/C=C/C=C/C2=[N+](CCCCS(=O)(=O)O)c3ccc(S(=O)(=O)O)cc3C2(C)CCCCCC(=O)On2c(O)ccc2O)=Nc2c(Cl)cc(S(=O)(=O)O)cc21. The molecule has 16 nitrogen and oxygen atoms in total. The second-order valence-electron chi connectivity index (χ2n) is 14.8. The van der Waals surface area contributed by atoms with E-state index in [4.69, 9.17) is 16.4 Å². The van der Waals surface area contributed by atoms with Gasteiger partial charge in [-0.25, -0.2) is 4.79 Å². The van der Waals surface area contributed by atoms with Crippen molar-refractivity contribution in [2.75, 3.05) is 12.3 Å². The number of hydrogen-bond acceptors (Lipinski definition) is 11. The van der Waals surface area contributed by atoms with Crippen LogP contribution in [0.15, 0.2) is 81.6 Å². The molecule has 3 aromatic rings. The van der Waals surface area contributed by atoms with Gasteiger partial charge in [-0.15, -0.1) is 4.73 Å². The number of carbonyl (C=O) groups is 1. The van der Waals surface area contributed by atoms with Gasteiger partial charge in [-0.1, -0.05) is 56.5 Å². The Morgan fingerprint density at radius 1 is 0.845 bits per heavy atom. The van der Waals surface area contributed by atoms with Crippen LogP contribution in [-0.4, -0.2) is 88.1 Å². The third kappa shape index (κ3) is 10.1. The van der Waals surface area contributed by atoms with E-state index in [-0.39, 0.29) is 27.7 Å². The van der Waals surface area contributed by atoms with Gasteiger partial charge in [-0.05, 0) is 56.0 Å². The zero-order valence-corrected chi connectivity index (χ0v) is 35.1. The molecule has 0 spiro atoms. The topological polar surface area (TPSA) is 250 Å². The summed E-state index contributed by atoms with van der Waals surface area (Å²) in [7, 11) is -13.3. The minimum Gasteiger partial charge on any atom is -0.492 e. The zero-order valence-electron chi connectivity index (χ0n) is 31.9. The molecular formula is C38H45ClN3O13S3+. The fourth-order valence-corrected chi connectivity index (χ4v) is 9.20. The monoisotopic (exact) mass is 882 g/mol. The summed E-state index contributed by atoms with van der Waals surface area (Å²) in [4.78, 5) is 21.5. The zero-order chi connectivity index (χ0) is 42.8. The standard InChI is InChI=1S/C38H44ClN3O13S3/c1-37(2)28-23-26(58(52,53)54)24-29(39)36(28)40-31(37)12-6-4-7-13-32-38(3,19-9-5-8-14-35(45)55-42-33(43)17-18-34(42)44)27-22-25(57(49,50)51)15-16-30(27)41(32)20-10-11-21-56(46,47)48/h4,6-7,13,15-18,22-24H,5,8-12,14,19-21H2,1-3H3,(H4-,43,44,46,47,48,49,50,51,52,53,54)/p+1/b6-4+,13-7+. The van der Waals surface area contributed by atoms with Gasteiger partial charge >= 0.3 is 5.97 Å². The Kier molecular flexibility index (Phi) is 13.2. The van der Waals surface area contributed by atoms with Crippen molar-refractivity contribution in [3.63, 3.8) is 0 Å². The Morgan fingerprint density at radius 3 is 2.14 bits per heavy atom. The number of aliphatic imine (C=N–C) groups is 1. The molecule has 0 amide bonds. The van der Waals surface area contributed by atoms with Crippen molar-refractivity contribution in [1.82, 2.24) is 4.73 Å². The molecule has 0 saturated carbocycles. The van der Waals surface area contributed by atoms with Crippen molar-refractivity contribution in [3.05, 3.63) is 82.9 Å². The number of fused-ring (bicyclic) bond motifs is 2. The van der Waals surface area contributed by atoms with E-state index in [1.165, 1.54) is 30.3 Å². The summed E-state index contributed by atoms with van der Waals surface area (Å²) >= 11 is 6.37. The highest BCUT2D eigenvalue weighted by Crippen LogP contribution is 2.47. The summed E-state index contributed by atoms with van der Waals surface area (Å²) in [6.45, 7) is 5.95. The third-order valence-electron chi connectivity index (χ3n) is 10.4. The number of aromatic hydroxyl groups is 2. The minimum absolute atomic E-state index is 0.0283. The molecule has 314 valence electrons. The lowest BCUT2D eigenvalue weighted by Crippen LogP contribution is -2.31. The lowest BCUT2D eigenvalue weighted by Gasteiger charge is -2.23. The highest BCUT2D eigenvalue weighted by molar-refractivity contribution is 7.86. The summed E-state index contributed by atoms with van der Waals surface area (Å²) in [5.41, 5.74) is 2.05. The van der Waals surface area contributed by atoms with Gasteiger partial charge in [0.1, 0.15) is 6.54 Å². The summed E-state index contributed by atoms with van der Waals surface area (Å²) < 4.78 is 103. The van der Waals surface area contributed by atoms with Gasteiger partial charge in [-0.3, -0.25) is 18.7 Å². The van der Waals surface area contributed by atoms with Crippen LogP contribution in [0.3, 0.4) is 0 Å². The van der Waals surface area contributed by atoms with E-state index < -0.39 is 64.7 Å². The number of rotatable bonds is 18. The number of carbonyl (C=O) groups excluding carboxylic acids is 1. The van der Waals surface area contributed by atoms with E-state index in [1.54, 1.807) is 18.2 Å². The van der Waals surface area contributed by atoms with Gasteiger partial charge in [0.2, 0.25) is 17.4 Å². The van der Waals surface area contributed by atoms with Crippen LogP contribution in [0.2, 0.25) is 5.02 Å².